The number of hydrogen-bond donors (Lipinski definition) is 3. The number of nitrogens with two attached hydrogens (primary N) is 1. The van der Waals surface area contributed by atoms with Crippen LogP contribution >= 0.6 is 0 Å². The fourth-order valence-corrected chi connectivity index (χ4v) is 1.60. The quantitative estimate of drug-likeness (QED) is 0.450. The second-order valence-electron chi connectivity index (χ2n) is 5.70. The molecule has 1 aromatic carbocycles. The molecule has 0 aliphatic rings. The molecule has 4 N–H and O–H groups in total. The highest BCUT2D eigenvalue weighted by Crippen LogP contribution is 2.19. The third-order valence-corrected chi connectivity index (χ3v) is 2.52. The van der Waals surface area contributed by atoms with Crippen LogP contribution in [0.4, 0.5) is 14.9 Å². The number of carbonyl (C=O) groups excluding carboxylic acids is 1. The Hall–Kier alpha value is -2.75. The Morgan fingerprint density at radius 1 is 1.39 bits per heavy atom. The van der Waals surface area contributed by atoms with Crippen molar-refractivity contribution in [1.29, 1.82) is 0 Å². The van der Waals surface area contributed by atoms with E-state index in [0.29, 0.717) is 0 Å². The second-order valence-corrected chi connectivity index (χ2v) is 5.70. The van der Waals surface area contributed by atoms with Gasteiger partial charge in [-0.1, -0.05) is 11.8 Å². The summed E-state index contributed by atoms with van der Waals surface area (Å²) in [5, 5.41) is 11.4. The highest BCUT2D eigenvalue weighted by molar-refractivity contribution is 5.95. The van der Waals surface area contributed by atoms with E-state index in [0.717, 1.165) is 12.1 Å². The SMILES string of the molecule is CC(C)(C)OC(=O)NCCC#Cc1cc(F)cc(C(=O)O)c1N. The molecule has 7 heteroatoms. The third-order valence-electron chi connectivity index (χ3n) is 2.52. The zero-order valence-electron chi connectivity index (χ0n) is 13.2. The van der Waals surface area contributed by atoms with Gasteiger partial charge in [0.15, 0.2) is 0 Å². The molecular formula is C16H19FN2O4. The van der Waals surface area contributed by atoms with E-state index in [-0.39, 0.29) is 29.8 Å². The van der Waals surface area contributed by atoms with Crippen molar-refractivity contribution < 1.29 is 23.8 Å². The maximum Gasteiger partial charge on any atom is 0.407 e. The van der Waals surface area contributed by atoms with Crippen LogP contribution in [0.25, 0.3) is 0 Å². The monoisotopic (exact) mass is 322 g/mol. The van der Waals surface area contributed by atoms with E-state index >= 15 is 0 Å². The second kappa shape index (κ2) is 7.49. The zero-order valence-corrected chi connectivity index (χ0v) is 13.2. The van der Waals surface area contributed by atoms with E-state index in [2.05, 4.69) is 17.2 Å². The lowest BCUT2D eigenvalue weighted by atomic mass is 10.1. The van der Waals surface area contributed by atoms with Gasteiger partial charge in [0, 0.05) is 13.0 Å². The number of carbonyl (C=O) groups is 2. The average molecular weight is 322 g/mol. The maximum absolute atomic E-state index is 13.3. The first-order valence-electron chi connectivity index (χ1n) is 6.88. The van der Waals surface area contributed by atoms with Gasteiger partial charge in [-0.3, -0.25) is 0 Å². The van der Waals surface area contributed by atoms with Gasteiger partial charge in [0.25, 0.3) is 0 Å². The molecule has 124 valence electrons. The number of nitrogens with one attached hydrogen (secondary N) is 1. The van der Waals surface area contributed by atoms with Gasteiger partial charge in [0.05, 0.1) is 16.8 Å². The molecule has 0 aliphatic heterocycles. The van der Waals surface area contributed by atoms with Crippen LogP contribution in [0, 0.1) is 17.7 Å². The van der Waals surface area contributed by atoms with Crippen molar-refractivity contribution in [3.05, 3.63) is 29.1 Å². The summed E-state index contributed by atoms with van der Waals surface area (Å²) in [5.74, 6) is 3.24. The number of amides is 1. The summed E-state index contributed by atoms with van der Waals surface area (Å²) in [4.78, 5) is 22.3. The van der Waals surface area contributed by atoms with Gasteiger partial charge in [-0.15, -0.1) is 0 Å². The van der Waals surface area contributed by atoms with Crippen molar-refractivity contribution in [2.45, 2.75) is 32.8 Å². The molecule has 0 spiro atoms. The molecule has 0 aromatic heterocycles. The van der Waals surface area contributed by atoms with Crippen molar-refractivity contribution in [2.24, 2.45) is 0 Å². The summed E-state index contributed by atoms with van der Waals surface area (Å²) in [6.07, 6.45) is -0.282. The number of benzene rings is 1. The van der Waals surface area contributed by atoms with Crippen molar-refractivity contribution in [3.8, 4) is 11.8 Å². The molecule has 1 amide bonds. The summed E-state index contributed by atoms with van der Waals surface area (Å²) < 4.78 is 18.4. The highest BCUT2D eigenvalue weighted by Gasteiger charge is 2.15. The van der Waals surface area contributed by atoms with Crippen LogP contribution in [0.2, 0.25) is 0 Å². The predicted molar refractivity (Wildman–Crippen MR) is 83.5 cm³/mol. The van der Waals surface area contributed by atoms with Crippen LogP contribution < -0.4 is 11.1 Å². The molecule has 0 fully saturated rings. The highest BCUT2D eigenvalue weighted by atomic mass is 19.1. The lowest BCUT2D eigenvalue weighted by Gasteiger charge is -2.19. The lowest BCUT2D eigenvalue weighted by Crippen LogP contribution is -2.32. The molecule has 1 aromatic rings. The normalized spacial score (nSPS) is 10.4. The first-order valence-corrected chi connectivity index (χ1v) is 6.88. The van der Waals surface area contributed by atoms with Gasteiger partial charge in [0.1, 0.15) is 11.4 Å². The summed E-state index contributed by atoms with van der Waals surface area (Å²) in [7, 11) is 0. The predicted octanol–water partition coefficient (Wildman–Crippen LogP) is 2.37. The van der Waals surface area contributed by atoms with Crippen LogP contribution in [0.3, 0.4) is 0 Å². The van der Waals surface area contributed by atoms with E-state index < -0.39 is 23.5 Å². The Morgan fingerprint density at radius 2 is 2.04 bits per heavy atom. The molecule has 0 saturated heterocycles. The minimum absolute atomic E-state index is 0.0912. The van der Waals surface area contributed by atoms with Gasteiger partial charge in [0.2, 0.25) is 0 Å². The van der Waals surface area contributed by atoms with Gasteiger partial charge < -0.3 is 20.9 Å². The van der Waals surface area contributed by atoms with Crippen molar-refractivity contribution in [2.75, 3.05) is 12.3 Å². The molecule has 0 aliphatic carbocycles. The van der Waals surface area contributed by atoms with Gasteiger partial charge in [-0.2, -0.15) is 0 Å². The smallest absolute Gasteiger partial charge is 0.407 e. The Balaban J connectivity index is 2.64. The first-order chi connectivity index (χ1) is 10.6. The largest absolute Gasteiger partial charge is 0.478 e. The van der Waals surface area contributed by atoms with Gasteiger partial charge in [-0.25, -0.2) is 14.0 Å². The molecule has 0 atom stereocenters. The molecule has 6 nitrogen and oxygen atoms in total. The number of rotatable bonds is 3. The van der Waals surface area contributed by atoms with Gasteiger partial charge >= 0.3 is 12.1 Å². The van der Waals surface area contributed by atoms with Gasteiger partial charge in [-0.05, 0) is 32.9 Å². The topological polar surface area (TPSA) is 102 Å². The van der Waals surface area contributed by atoms with E-state index in [1.54, 1.807) is 20.8 Å². The molecule has 0 saturated carbocycles. The van der Waals surface area contributed by atoms with Crippen molar-refractivity contribution in [1.82, 2.24) is 5.32 Å². The number of alkyl carbamates (subject to hydrolysis) is 1. The van der Waals surface area contributed by atoms with Crippen LogP contribution in [0.1, 0.15) is 43.1 Å². The zero-order chi connectivity index (χ0) is 17.6. The average Bonchev–Trinajstić information content (AvgIpc) is 2.39. The summed E-state index contributed by atoms with van der Waals surface area (Å²) in [5.41, 5.74) is 4.73. The molecule has 23 heavy (non-hydrogen) atoms. The minimum atomic E-state index is -1.32. The number of hydrogen-bond acceptors (Lipinski definition) is 4. The minimum Gasteiger partial charge on any atom is -0.478 e. The third kappa shape index (κ3) is 6.26. The molecule has 0 unspecified atom stereocenters. The van der Waals surface area contributed by atoms with E-state index in [9.17, 15) is 14.0 Å². The summed E-state index contributed by atoms with van der Waals surface area (Å²) >= 11 is 0. The number of carboxylic acids is 1. The number of halogens is 1. The first kappa shape index (κ1) is 18.3. The fraction of sp³-hybridized carbons (Fsp3) is 0.375. The van der Waals surface area contributed by atoms with E-state index in [1.165, 1.54) is 0 Å². The Labute approximate surface area is 133 Å². The number of anilines is 1. The van der Waals surface area contributed by atoms with Crippen LogP contribution in [-0.4, -0.2) is 29.3 Å². The lowest BCUT2D eigenvalue weighted by molar-refractivity contribution is 0.0528. The van der Waals surface area contributed by atoms with Crippen LogP contribution in [0.5, 0.6) is 0 Å². The standard InChI is InChI=1S/C16H19FN2O4/c1-16(2,3)23-15(22)19-7-5-4-6-10-8-11(17)9-12(13(10)18)14(20)21/h8-9H,5,7,18H2,1-3H3,(H,19,22)(H,20,21). The fourth-order valence-electron chi connectivity index (χ4n) is 1.60. The Kier molecular flexibility index (Phi) is 5.96. The van der Waals surface area contributed by atoms with Crippen molar-refractivity contribution >= 4 is 17.7 Å². The van der Waals surface area contributed by atoms with Crippen molar-refractivity contribution in [3.63, 3.8) is 0 Å². The Bertz CT molecular complexity index is 669. The number of aromatic carboxylic acids is 1. The summed E-state index contributed by atoms with van der Waals surface area (Å²) in [6, 6.07) is 1.91. The Morgan fingerprint density at radius 3 is 2.61 bits per heavy atom. The maximum atomic E-state index is 13.3. The number of nitrogen functional groups attached to an aromatic ring is 1. The molecule has 0 bridgehead atoms. The number of ether oxygens (including phenoxy) is 1. The van der Waals surface area contributed by atoms with E-state index in [4.69, 9.17) is 15.6 Å². The molecule has 0 heterocycles. The van der Waals surface area contributed by atoms with E-state index in [1.807, 2.05) is 0 Å². The molecular weight excluding hydrogens is 303 g/mol. The van der Waals surface area contributed by atoms with Crippen LogP contribution in [-0.2, 0) is 4.74 Å². The summed E-state index contributed by atoms with van der Waals surface area (Å²) in [6.45, 7) is 5.49. The molecule has 1 rings (SSSR count). The molecule has 0 radical (unpaired) electrons. The number of carboxylic acid groups (broad SMARTS) is 1. The van der Waals surface area contributed by atoms with Crippen LogP contribution in [0.15, 0.2) is 12.1 Å².